The van der Waals surface area contributed by atoms with Crippen LogP contribution in [0.2, 0.25) is 0 Å². The molecular formula is C18H23N3O2. The molecule has 2 heterocycles. The third-order valence-corrected chi connectivity index (χ3v) is 4.39. The van der Waals surface area contributed by atoms with Crippen molar-refractivity contribution in [2.45, 2.75) is 13.8 Å². The summed E-state index contributed by atoms with van der Waals surface area (Å²) >= 11 is 0. The third kappa shape index (κ3) is 3.56. The zero-order chi connectivity index (χ0) is 16.2. The van der Waals surface area contributed by atoms with Gasteiger partial charge in [0.05, 0.1) is 6.26 Å². The molecule has 23 heavy (non-hydrogen) atoms. The van der Waals surface area contributed by atoms with Gasteiger partial charge in [0.25, 0.3) is 5.91 Å². The van der Waals surface area contributed by atoms with Gasteiger partial charge in [0.15, 0.2) is 5.76 Å². The molecular weight excluding hydrogens is 290 g/mol. The molecule has 1 amide bonds. The summed E-state index contributed by atoms with van der Waals surface area (Å²) in [5, 5.41) is 2.90. The minimum atomic E-state index is -0.220. The van der Waals surface area contributed by atoms with Gasteiger partial charge in [-0.3, -0.25) is 4.79 Å². The third-order valence-electron chi connectivity index (χ3n) is 4.39. The summed E-state index contributed by atoms with van der Waals surface area (Å²) in [6.45, 7) is 9.64. The lowest BCUT2D eigenvalue weighted by atomic mass is 10.1. The van der Waals surface area contributed by atoms with E-state index in [9.17, 15) is 4.79 Å². The van der Waals surface area contributed by atoms with E-state index < -0.39 is 0 Å². The second kappa shape index (κ2) is 6.87. The summed E-state index contributed by atoms with van der Waals surface area (Å²) in [6.07, 6.45) is 1.50. The number of hydrogen-bond acceptors (Lipinski definition) is 4. The fraction of sp³-hybridized carbons (Fsp3) is 0.389. The molecule has 122 valence electrons. The minimum Gasteiger partial charge on any atom is -0.459 e. The van der Waals surface area contributed by atoms with Gasteiger partial charge < -0.3 is 19.5 Å². The largest absolute Gasteiger partial charge is 0.459 e. The number of furan rings is 1. The predicted octanol–water partition coefficient (Wildman–Crippen LogP) is 2.98. The molecule has 0 atom stereocenters. The van der Waals surface area contributed by atoms with E-state index in [1.807, 2.05) is 13.0 Å². The molecule has 1 N–H and O–H groups in total. The molecule has 0 unspecified atom stereocenters. The fourth-order valence-corrected chi connectivity index (χ4v) is 2.90. The van der Waals surface area contributed by atoms with E-state index in [1.54, 1.807) is 12.1 Å². The van der Waals surface area contributed by atoms with Crippen LogP contribution in [0.4, 0.5) is 11.4 Å². The van der Waals surface area contributed by atoms with E-state index in [-0.39, 0.29) is 5.91 Å². The SMILES string of the molecule is CCN1CCN(c2ccc(NC(=O)c3ccco3)c(C)c2)CC1. The van der Waals surface area contributed by atoms with Crippen molar-refractivity contribution in [1.29, 1.82) is 0 Å². The second-order valence-electron chi connectivity index (χ2n) is 5.85. The molecule has 0 radical (unpaired) electrons. The smallest absolute Gasteiger partial charge is 0.291 e. The molecule has 1 fully saturated rings. The number of nitrogens with one attached hydrogen (secondary N) is 1. The van der Waals surface area contributed by atoms with Crippen LogP contribution in [0, 0.1) is 6.92 Å². The van der Waals surface area contributed by atoms with Gasteiger partial charge in [-0.25, -0.2) is 0 Å². The van der Waals surface area contributed by atoms with E-state index in [4.69, 9.17) is 4.42 Å². The van der Waals surface area contributed by atoms with Crippen LogP contribution >= 0.6 is 0 Å². The van der Waals surface area contributed by atoms with Crippen LogP contribution in [0.1, 0.15) is 23.0 Å². The first-order valence-corrected chi connectivity index (χ1v) is 8.10. The first kappa shape index (κ1) is 15.6. The van der Waals surface area contributed by atoms with Gasteiger partial charge in [0.1, 0.15) is 0 Å². The maximum absolute atomic E-state index is 12.1. The average molecular weight is 313 g/mol. The molecule has 1 aromatic heterocycles. The van der Waals surface area contributed by atoms with E-state index in [1.165, 1.54) is 12.0 Å². The van der Waals surface area contributed by atoms with Gasteiger partial charge in [-0.2, -0.15) is 0 Å². The number of aryl methyl sites for hydroxylation is 1. The number of hydrogen-bond donors (Lipinski definition) is 1. The van der Waals surface area contributed by atoms with Crippen molar-refractivity contribution in [2.75, 3.05) is 42.9 Å². The van der Waals surface area contributed by atoms with Crippen LogP contribution in [0.15, 0.2) is 41.0 Å². The predicted molar refractivity (Wildman–Crippen MR) is 92.2 cm³/mol. The molecule has 5 heteroatoms. The maximum Gasteiger partial charge on any atom is 0.291 e. The molecule has 1 aliphatic rings. The Balaban J connectivity index is 1.67. The van der Waals surface area contributed by atoms with Crippen molar-refractivity contribution < 1.29 is 9.21 Å². The Kier molecular flexibility index (Phi) is 4.67. The molecule has 1 aliphatic heterocycles. The van der Waals surface area contributed by atoms with Gasteiger partial charge in [0.2, 0.25) is 0 Å². The first-order chi connectivity index (χ1) is 11.2. The Morgan fingerprint density at radius 1 is 1.22 bits per heavy atom. The Labute approximate surface area is 136 Å². The van der Waals surface area contributed by atoms with Crippen LogP contribution in [-0.4, -0.2) is 43.5 Å². The molecule has 3 rings (SSSR count). The van der Waals surface area contributed by atoms with Crippen LogP contribution in [-0.2, 0) is 0 Å². The highest BCUT2D eigenvalue weighted by Gasteiger charge is 2.17. The highest BCUT2D eigenvalue weighted by Crippen LogP contribution is 2.24. The lowest BCUT2D eigenvalue weighted by Crippen LogP contribution is -2.46. The number of rotatable bonds is 4. The molecule has 0 spiro atoms. The van der Waals surface area contributed by atoms with Gasteiger partial charge >= 0.3 is 0 Å². The zero-order valence-electron chi connectivity index (χ0n) is 13.7. The van der Waals surface area contributed by atoms with Crippen LogP contribution in [0.25, 0.3) is 0 Å². The number of nitrogens with zero attached hydrogens (tertiary/aromatic N) is 2. The first-order valence-electron chi connectivity index (χ1n) is 8.10. The van der Waals surface area contributed by atoms with E-state index in [0.717, 1.165) is 44.0 Å². The summed E-state index contributed by atoms with van der Waals surface area (Å²) in [6, 6.07) is 9.55. The Morgan fingerprint density at radius 2 is 2.00 bits per heavy atom. The van der Waals surface area contributed by atoms with Crippen LogP contribution in [0.5, 0.6) is 0 Å². The number of piperazine rings is 1. The molecule has 0 saturated carbocycles. The lowest BCUT2D eigenvalue weighted by molar-refractivity contribution is 0.0996. The molecule has 5 nitrogen and oxygen atoms in total. The number of anilines is 2. The summed E-state index contributed by atoms with van der Waals surface area (Å²) in [5.41, 5.74) is 3.09. The second-order valence-corrected chi connectivity index (χ2v) is 5.85. The zero-order valence-corrected chi connectivity index (χ0v) is 13.7. The molecule has 1 saturated heterocycles. The van der Waals surface area contributed by atoms with Crippen molar-refractivity contribution in [3.8, 4) is 0 Å². The molecule has 0 aliphatic carbocycles. The average Bonchev–Trinajstić information content (AvgIpc) is 3.11. The number of amides is 1. The number of carbonyl (C=O) groups is 1. The van der Waals surface area contributed by atoms with Gasteiger partial charge in [-0.05, 0) is 49.4 Å². The highest BCUT2D eigenvalue weighted by molar-refractivity contribution is 6.02. The lowest BCUT2D eigenvalue weighted by Gasteiger charge is -2.35. The topological polar surface area (TPSA) is 48.7 Å². The molecule has 1 aromatic carbocycles. The van der Waals surface area contributed by atoms with Crippen molar-refractivity contribution in [2.24, 2.45) is 0 Å². The quantitative estimate of drug-likeness (QED) is 0.943. The summed E-state index contributed by atoms with van der Waals surface area (Å²) in [7, 11) is 0. The molecule has 0 bridgehead atoms. The van der Waals surface area contributed by atoms with Gasteiger partial charge in [-0.15, -0.1) is 0 Å². The fourth-order valence-electron chi connectivity index (χ4n) is 2.90. The number of likely N-dealkylation sites (N-methyl/N-ethyl adjacent to an activating group) is 1. The van der Waals surface area contributed by atoms with Crippen molar-refractivity contribution >= 4 is 17.3 Å². The van der Waals surface area contributed by atoms with Gasteiger partial charge in [0, 0.05) is 37.6 Å². The van der Waals surface area contributed by atoms with Crippen molar-refractivity contribution in [3.63, 3.8) is 0 Å². The monoisotopic (exact) mass is 313 g/mol. The van der Waals surface area contributed by atoms with Crippen molar-refractivity contribution in [1.82, 2.24) is 4.90 Å². The normalized spacial score (nSPS) is 15.7. The number of benzene rings is 1. The van der Waals surface area contributed by atoms with E-state index in [2.05, 4.69) is 34.2 Å². The standard InChI is InChI=1S/C18H23N3O2/c1-3-20-8-10-21(11-9-20)15-6-7-16(14(2)13-15)19-18(22)17-5-4-12-23-17/h4-7,12-13H,3,8-11H2,1-2H3,(H,19,22). The van der Waals surface area contributed by atoms with Crippen LogP contribution in [0.3, 0.4) is 0 Å². The Hall–Kier alpha value is -2.27. The molecule has 2 aromatic rings. The number of carbonyl (C=O) groups excluding carboxylic acids is 1. The maximum atomic E-state index is 12.1. The van der Waals surface area contributed by atoms with Gasteiger partial charge in [-0.1, -0.05) is 6.92 Å². The van der Waals surface area contributed by atoms with E-state index >= 15 is 0 Å². The van der Waals surface area contributed by atoms with E-state index in [0.29, 0.717) is 5.76 Å². The summed E-state index contributed by atoms with van der Waals surface area (Å²) < 4.78 is 5.12. The van der Waals surface area contributed by atoms with Crippen LogP contribution < -0.4 is 10.2 Å². The summed E-state index contributed by atoms with van der Waals surface area (Å²) in [4.78, 5) is 16.9. The Morgan fingerprint density at radius 3 is 2.61 bits per heavy atom. The summed E-state index contributed by atoms with van der Waals surface area (Å²) in [5.74, 6) is 0.103. The Bertz CT molecular complexity index is 659. The highest BCUT2D eigenvalue weighted by atomic mass is 16.3. The van der Waals surface area contributed by atoms with Crippen molar-refractivity contribution in [3.05, 3.63) is 47.9 Å². The minimum absolute atomic E-state index is 0.220.